The average molecular weight is 1820 g/mol. The van der Waals surface area contributed by atoms with Gasteiger partial charge in [-0.3, -0.25) is 42.3 Å². The van der Waals surface area contributed by atoms with Crippen LogP contribution in [0.2, 0.25) is 0 Å². The molecular weight excluding hydrogens is 1670 g/mol. The molecule has 40 heteroatoms. The van der Waals surface area contributed by atoms with Crippen molar-refractivity contribution in [1.29, 1.82) is 0 Å². The number of unbranched alkanes of at least 4 members (excludes halogenated alkanes) is 21. The van der Waals surface area contributed by atoms with Crippen LogP contribution in [0.4, 0.5) is 0 Å². The molecule has 5 fully saturated rings. The Bertz CT molecular complexity index is 3100. The van der Waals surface area contributed by atoms with E-state index in [0.29, 0.717) is 25.7 Å². The van der Waals surface area contributed by atoms with Crippen LogP contribution >= 0.6 is 7.82 Å². The van der Waals surface area contributed by atoms with Gasteiger partial charge in [0.15, 0.2) is 37.6 Å². The number of esters is 2. The Morgan fingerprint density at radius 3 is 1.49 bits per heavy atom. The summed E-state index contributed by atoms with van der Waals surface area (Å²) in [7, 11) is -3.20. The summed E-state index contributed by atoms with van der Waals surface area (Å²) >= 11 is 0. The lowest BCUT2D eigenvalue weighted by molar-refractivity contribution is -0.389. The highest BCUT2D eigenvalue weighted by Crippen LogP contribution is 2.49. The molecule has 0 aliphatic carbocycles. The number of amides is 4. The van der Waals surface area contributed by atoms with Gasteiger partial charge in [-0.15, -0.1) is 0 Å². The van der Waals surface area contributed by atoms with Crippen LogP contribution in [0.3, 0.4) is 0 Å². The number of hydrogen-bond donors (Lipinski definition) is 17. The van der Waals surface area contributed by atoms with E-state index in [4.69, 9.17) is 70.4 Å². The van der Waals surface area contributed by atoms with Crippen LogP contribution in [0.1, 0.15) is 241 Å². The van der Waals surface area contributed by atoms with Gasteiger partial charge in [0, 0.05) is 53.3 Å². The maximum Gasteiger partial charge on any atom is 0.474 e. The zero-order chi connectivity index (χ0) is 91.8. The van der Waals surface area contributed by atoms with Gasteiger partial charge in [-0.25, -0.2) is 4.57 Å². The van der Waals surface area contributed by atoms with Crippen molar-refractivity contribution in [3.63, 3.8) is 0 Å². The highest BCUT2D eigenvalue weighted by molar-refractivity contribution is 7.48. The van der Waals surface area contributed by atoms with Crippen LogP contribution in [0.25, 0.3) is 0 Å². The van der Waals surface area contributed by atoms with Gasteiger partial charge in [0.25, 0.3) is 0 Å². The average Bonchev–Trinajstić information content (AvgIpc) is 0.762. The van der Waals surface area contributed by atoms with Crippen molar-refractivity contribution in [3.05, 3.63) is 24.3 Å². The van der Waals surface area contributed by atoms with Gasteiger partial charge in [0.2, 0.25) is 23.6 Å². The standard InChI is InChI=1S/C85H151N4O35P/c1-8-11-14-17-19-21-22-23-24-25-26-27-29-31-34-42-64(98)116-57(51-112-80(108)56(38-32-16-13-10-3)39-33-30-28-20-18-15-12-9-2)52-114-125(109,110-7)113-46-44-87-63(97)41-36-35-40-62(96)86-43-37-45-111-81-65(88-54(5)94)71(103)76(61(50-93)120-81)121-84-75(107)78(70(102)60(49-92)118-84)123-82-66(89-55(6)95)77(69(101)59(48-91)117-82)122-85-79(73(105)68(100)58(47-90)119-85)124-83-74(106)72(104)67(99)53(4)115-83/h23-24,33,39,53,56-61,65-79,81-85,90-93,99-107H,8-22,25-32,34-38,40-52H2,1-7H3,(H,86,96)(H,87,97)(H,88,94)(H,89,95)/b24-23-,39-33-/t53?,56?,57-,58?,59?,60?,61?,65?,66?,67-,68+,69-,70+,71-,72+,73+,74?,75?,76-,77-,78+,79?,81-,82+,83+,84+,85+,125?/m1/s1. The Kier molecular flexibility index (Phi) is 55.1. The summed E-state index contributed by atoms with van der Waals surface area (Å²) in [6.07, 6.45) is -7.52. The summed E-state index contributed by atoms with van der Waals surface area (Å²) in [5, 5.41) is 153. The van der Waals surface area contributed by atoms with E-state index in [-0.39, 0.29) is 64.5 Å². The summed E-state index contributed by atoms with van der Waals surface area (Å²) in [5.41, 5.74) is 0. The summed E-state index contributed by atoms with van der Waals surface area (Å²) in [4.78, 5) is 78.5. The lowest BCUT2D eigenvalue weighted by atomic mass is 9.94. The first kappa shape index (κ1) is 111. The molecule has 28 atom stereocenters. The normalized spacial score (nSPS) is 31.2. The fourth-order valence-electron chi connectivity index (χ4n) is 15.2. The van der Waals surface area contributed by atoms with Crippen LogP contribution in [0.5, 0.6) is 0 Å². The van der Waals surface area contributed by atoms with Crippen LogP contribution in [0.15, 0.2) is 24.3 Å². The van der Waals surface area contributed by atoms with Crippen LogP contribution in [-0.4, -0.2) is 335 Å². The molecule has 39 nitrogen and oxygen atoms in total. The zero-order valence-corrected chi connectivity index (χ0v) is 75.0. The van der Waals surface area contributed by atoms with Crippen molar-refractivity contribution in [2.24, 2.45) is 5.92 Å². The SMILES string of the molecule is CCCCCCCC/C=C\CCCCCCCC(=O)O[C@H](COC(=O)C(/C=C\CCCCCCCC)CCCCCC)COP(=O)(OC)OCCNC(=O)CCCCC(=O)NCCCO[C@@H]1OC(CO)[C@@H](O[C@@H]2OC(CO)[C@H](O)[C@H](O[C@@H]3OC(CO)[C@@H](O)[C@H](O[C@@H]4OC(CO)[C@H](O)[C@H](O)C4O[C@@H]4OC(C)[C@@H](O)[C@H](O)C4O)C3NC(C)=O)C2O)[C@H](O)C1NC(C)=O. The highest BCUT2D eigenvalue weighted by Gasteiger charge is 2.58. The van der Waals surface area contributed by atoms with Crippen molar-refractivity contribution in [2.45, 2.75) is 400 Å². The minimum absolute atomic E-state index is 0.0184. The third kappa shape index (κ3) is 39.1. The lowest BCUT2D eigenvalue weighted by Crippen LogP contribution is -2.70. The molecule has 125 heavy (non-hydrogen) atoms. The zero-order valence-electron chi connectivity index (χ0n) is 74.1. The molecule has 0 bridgehead atoms. The first-order valence-corrected chi connectivity index (χ1v) is 46.8. The number of aliphatic hydroxyl groups is 13. The second-order valence-corrected chi connectivity index (χ2v) is 34.6. The van der Waals surface area contributed by atoms with Gasteiger partial charge in [-0.2, -0.15) is 0 Å². The third-order valence-corrected chi connectivity index (χ3v) is 23.9. The molecule has 4 amide bonds. The van der Waals surface area contributed by atoms with Crippen molar-refractivity contribution in [3.8, 4) is 0 Å². The molecule has 726 valence electrons. The first-order valence-electron chi connectivity index (χ1n) is 45.3. The molecule has 0 aromatic carbocycles. The lowest BCUT2D eigenvalue weighted by Gasteiger charge is -2.51. The number of carbonyl (C=O) groups excluding carboxylic acids is 6. The largest absolute Gasteiger partial charge is 0.474 e. The van der Waals surface area contributed by atoms with E-state index in [1.165, 1.54) is 71.1 Å². The predicted octanol–water partition coefficient (Wildman–Crippen LogP) is 2.77. The number of carbonyl (C=O) groups is 6. The van der Waals surface area contributed by atoms with Crippen molar-refractivity contribution >= 4 is 43.4 Å². The van der Waals surface area contributed by atoms with E-state index < -0.39 is 236 Å². The third-order valence-electron chi connectivity index (χ3n) is 22.5. The second kappa shape index (κ2) is 62.0. The van der Waals surface area contributed by atoms with Crippen molar-refractivity contribution < 1.29 is 170 Å². The van der Waals surface area contributed by atoms with Gasteiger partial charge >= 0.3 is 19.8 Å². The molecule has 5 rings (SSSR count). The Labute approximate surface area is 735 Å². The Balaban J connectivity index is 1.10. The maximum absolute atomic E-state index is 13.7. The van der Waals surface area contributed by atoms with Gasteiger partial charge in [0.1, 0.15) is 122 Å². The summed E-state index contributed by atoms with van der Waals surface area (Å²) in [6.45, 7) is 4.73. The van der Waals surface area contributed by atoms with Gasteiger partial charge in [-0.05, 0) is 77.6 Å². The number of rotatable bonds is 64. The molecule has 0 aromatic heterocycles. The predicted molar refractivity (Wildman–Crippen MR) is 447 cm³/mol. The summed E-state index contributed by atoms with van der Waals surface area (Å²) < 4.78 is 101. The van der Waals surface area contributed by atoms with Crippen molar-refractivity contribution in [2.75, 3.05) is 73.1 Å². The van der Waals surface area contributed by atoms with Crippen LogP contribution in [0, 0.1) is 5.92 Å². The maximum atomic E-state index is 13.7. The fourth-order valence-corrected chi connectivity index (χ4v) is 16.1. The van der Waals surface area contributed by atoms with Gasteiger partial charge < -0.3 is 144 Å². The molecule has 5 saturated heterocycles. The number of phosphoric acid groups is 1. The number of allylic oxidation sites excluding steroid dienone is 3. The smallest absolute Gasteiger partial charge is 0.461 e. The molecule has 5 aliphatic heterocycles. The Hall–Kier alpha value is -4.51. The summed E-state index contributed by atoms with van der Waals surface area (Å²) in [6, 6.07) is -3.26. The molecule has 5 heterocycles. The Morgan fingerprint density at radius 1 is 0.424 bits per heavy atom. The number of hydrogen-bond acceptors (Lipinski definition) is 35. The van der Waals surface area contributed by atoms with Crippen LogP contribution < -0.4 is 21.3 Å². The molecule has 0 radical (unpaired) electrons. The fraction of sp³-hybridized carbons (Fsp3) is 0.882. The number of ether oxygens (including phenoxy) is 12. The van der Waals surface area contributed by atoms with Gasteiger partial charge in [0.05, 0.1) is 58.3 Å². The summed E-state index contributed by atoms with van der Waals surface area (Å²) in [5.74, 6) is -3.81. The quantitative estimate of drug-likeness (QED) is 0.0180. The number of aliphatic hydroxyl groups excluding tert-OH is 13. The van der Waals surface area contributed by atoms with Gasteiger partial charge in [-0.1, -0.05) is 154 Å². The van der Waals surface area contributed by atoms with E-state index in [1.54, 1.807) is 0 Å². The van der Waals surface area contributed by atoms with E-state index in [2.05, 4.69) is 54.2 Å². The minimum atomic E-state index is -4.31. The van der Waals surface area contributed by atoms with E-state index >= 15 is 0 Å². The molecule has 12 unspecified atom stereocenters. The van der Waals surface area contributed by atoms with E-state index in [9.17, 15) is 99.7 Å². The van der Waals surface area contributed by atoms with E-state index in [1.807, 2.05) is 12.2 Å². The molecular formula is C85H151N4O35P. The minimum Gasteiger partial charge on any atom is -0.461 e. The van der Waals surface area contributed by atoms with Crippen molar-refractivity contribution in [1.82, 2.24) is 21.3 Å². The Morgan fingerprint density at radius 2 is 0.904 bits per heavy atom. The van der Waals surface area contributed by atoms with Crippen LogP contribution in [-0.2, 0) is 104 Å². The number of phosphoric ester groups is 1. The number of nitrogens with one attached hydrogen (secondary N) is 4. The monoisotopic (exact) mass is 1820 g/mol. The van der Waals surface area contributed by atoms with E-state index in [0.717, 1.165) is 104 Å². The first-order chi connectivity index (χ1) is 60.0. The molecule has 5 aliphatic rings. The second-order valence-electron chi connectivity index (χ2n) is 32.8. The highest BCUT2D eigenvalue weighted by atomic mass is 31.2. The topological polar surface area (TPSA) is 569 Å². The molecule has 0 saturated carbocycles. The molecule has 0 spiro atoms. The molecule has 0 aromatic rings. The molecule has 17 N–H and O–H groups in total.